The maximum absolute atomic E-state index is 14.2. The lowest BCUT2D eigenvalue weighted by Crippen LogP contribution is -2.39. The number of aromatic nitrogens is 6. The van der Waals surface area contributed by atoms with E-state index in [1.54, 1.807) is 18.4 Å². The van der Waals surface area contributed by atoms with Gasteiger partial charge in [-0.05, 0) is 13.8 Å². The largest absolute Gasteiger partial charge is 0.509 e. The van der Waals surface area contributed by atoms with Crippen LogP contribution in [0, 0.1) is 0 Å². The molecule has 5 rings (SSSR count). The molecule has 5 heterocycles. The Bertz CT molecular complexity index is 1720. The second-order valence-corrected chi connectivity index (χ2v) is 14.6. The van der Waals surface area contributed by atoms with Crippen molar-refractivity contribution in [2.24, 2.45) is 0 Å². The molecule has 5 N–H and O–H groups in total. The van der Waals surface area contributed by atoms with E-state index in [-0.39, 0.29) is 12.2 Å². The molecule has 20 nitrogen and oxygen atoms in total. The first-order chi connectivity index (χ1) is 22.4. The van der Waals surface area contributed by atoms with Gasteiger partial charge in [-0.2, -0.15) is 0 Å². The molecule has 258 valence electrons. The normalized spacial score (nSPS) is 27.3. The molecule has 2 saturated heterocycles. The molecule has 0 radical (unpaired) electrons. The Morgan fingerprint density at radius 1 is 1.21 bits per heavy atom. The second-order valence-electron chi connectivity index (χ2n) is 10.6. The maximum atomic E-state index is 14.2. The van der Waals surface area contributed by atoms with Crippen molar-refractivity contribution >= 4 is 41.3 Å². The number of nitrogens with two attached hydrogens (primary N) is 1. The molecule has 0 amide bonds. The van der Waals surface area contributed by atoms with E-state index in [0.717, 1.165) is 10.6 Å². The zero-order valence-corrected chi connectivity index (χ0v) is 27.0. The number of aliphatic hydroxyl groups excluding tert-OH is 2. The third-order valence-corrected chi connectivity index (χ3v) is 10.5. The highest BCUT2D eigenvalue weighted by Crippen LogP contribution is 2.63. The third kappa shape index (κ3) is 7.85. The number of nitrogens with one attached hydrogen (secondary N) is 1. The lowest BCUT2D eigenvalue weighted by molar-refractivity contribution is -0.0625. The van der Waals surface area contributed by atoms with E-state index >= 15 is 0 Å². The molecule has 0 aliphatic carbocycles. The lowest BCUT2D eigenvalue weighted by atomic mass is 10.1. The fourth-order valence-corrected chi connectivity index (χ4v) is 7.77. The summed E-state index contributed by atoms with van der Waals surface area (Å²) in [6.07, 6.45) is -5.23. The third-order valence-electron chi connectivity index (χ3n) is 7.13. The first kappa shape index (κ1) is 34.9. The molecule has 22 heteroatoms. The van der Waals surface area contributed by atoms with Crippen LogP contribution in [-0.2, 0) is 37.3 Å². The molecule has 2 aliphatic rings. The zero-order valence-electron chi connectivity index (χ0n) is 25.3. The summed E-state index contributed by atoms with van der Waals surface area (Å²) in [6, 6.07) is 1.09. The van der Waals surface area contributed by atoms with Crippen LogP contribution in [-0.4, -0.2) is 108 Å². The molecule has 8 atom stereocenters. The van der Waals surface area contributed by atoms with Crippen LogP contribution in [0.2, 0.25) is 0 Å². The SMILES string of the molecule is CO[C@H]1[C@@H](O[P@@](=O)(OC[C@H]2O[C@@H](n3cnc4c(N)ncnc43)C[C@H]2O)SCOC(=O)OC(C)C)[C@@H](CO)O[C@H]1n1ccc(=O)[nH]c1=O. The van der Waals surface area contributed by atoms with E-state index in [1.165, 1.54) is 26.0 Å². The monoisotopic (exact) mass is 703 g/mol. The molecule has 2 fully saturated rings. The van der Waals surface area contributed by atoms with Crippen molar-refractivity contribution in [1.29, 1.82) is 0 Å². The molecule has 2 aliphatic heterocycles. The predicted octanol–water partition coefficient (Wildman–Crippen LogP) is 0.274. The summed E-state index contributed by atoms with van der Waals surface area (Å²) < 4.78 is 55.8. The van der Waals surface area contributed by atoms with Gasteiger partial charge in [0, 0.05) is 37.2 Å². The highest BCUT2D eigenvalue weighted by atomic mass is 32.7. The number of imidazole rings is 1. The molecule has 0 aromatic carbocycles. The van der Waals surface area contributed by atoms with Crippen LogP contribution in [0.25, 0.3) is 11.2 Å². The van der Waals surface area contributed by atoms with E-state index in [0.29, 0.717) is 22.5 Å². The minimum atomic E-state index is -4.38. The van der Waals surface area contributed by atoms with Crippen LogP contribution in [0.5, 0.6) is 0 Å². The Labute approximate surface area is 269 Å². The predicted molar refractivity (Wildman–Crippen MR) is 161 cm³/mol. The lowest BCUT2D eigenvalue weighted by Gasteiger charge is -2.28. The van der Waals surface area contributed by atoms with Gasteiger partial charge in [0.15, 0.2) is 23.6 Å². The Balaban J connectivity index is 1.34. The van der Waals surface area contributed by atoms with Crippen LogP contribution in [0.4, 0.5) is 10.6 Å². The fraction of sp³-hybridized carbons (Fsp3) is 0.600. The molecule has 0 spiro atoms. The van der Waals surface area contributed by atoms with E-state index in [2.05, 4.69) is 19.9 Å². The quantitative estimate of drug-likeness (QED) is 0.106. The van der Waals surface area contributed by atoms with Gasteiger partial charge in [-0.25, -0.2) is 29.1 Å². The smallest absolute Gasteiger partial charge is 0.432 e. The van der Waals surface area contributed by atoms with Gasteiger partial charge in [0.2, 0.25) is 0 Å². The summed E-state index contributed by atoms with van der Waals surface area (Å²) >= 11 is 0.476. The highest BCUT2D eigenvalue weighted by Gasteiger charge is 2.51. The summed E-state index contributed by atoms with van der Waals surface area (Å²) in [6.45, 7) is -2.26. The average Bonchev–Trinajstić information content (AvgIpc) is 3.71. The van der Waals surface area contributed by atoms with Gasteiger partial charge in [0.1, 0.15) is 42.5 Å². The standard InChI is InChI=1S/C25H34N7O13PS/c1-12(2)42-25(37)40-11-47-46(38,45-19-14(7-33)44-23(20(19)39-3)31-5-4-16(35)30-24(31)36)41-8-15-13(34)6-17(43-15)32-10-29-18-21(26)27-9-28-22(18)32/h4-5,9-10,12-15,17,19-20,23,33-34H,6-8,11H2,1-3H3,(H2,26,27,28)(H,30,35,36)/t13-,14-,15-,17-,19+,20+,23-,46-/m1/s1. The summed E-state index contributed by atoms with van der Waals surface area (Å²) in [7, 11) is 1.28. The zero-order chi connectivity index (χ0) is 33.9. The summed E-state index contributed by atoms with van der Waals surface area (Å²) in [5, 5.41) is 20.9. The number of hydrogen-bond donors (Lipinski definition) is 4. The van der Waals surface area contributed by atoms with Crippen molar-refractivity contribution in [1.82, 2.24) is 29.1 Å². The fourth-order valence-electron chi connectivity index (χ4n) is 4.98. The molecular formula is C25H34N7O13PS. The van der Waals surface area contributed by atoms with Gasteiger partial charge in [0.05, 0.1) is 31.7 Å². The van der Waals surface area contributed by atoms with Crippen LogP contribution in [0.3, 0.4) is 0 Å². The topological polar surface area (TPSA) is 264 Å². The summed E-state index contributed by atoms with van der Waals surface area (Å²) in [4.78, 5) is 50.5. The average molecular weight is 704 g/mol. The van der Waals surface area contributed by atoms with Crippen LogP contribution >= 0.6 is 18.2 Å². The molecule has 0 bridgehead atoms. The molecule has 0 saturated carbocycles. The van der Waals surface area contributed by atoms with Crippen molar-refractivity contribution in [3.05, 3.63) is 45.8 Å². The van der Waals surface area contributed by atoms with Gasteiger partial charge in [-0.15, -0.1) is 0 Å². The van der Waals surface area contributed by atoms with Gasteiger partial charge in [-0.1, -0.05) is 0 Å². The molecular weight excluding hydrogens is 669 g/mol. The highest BCUT2D eigenvalue weighted by molar-refractivity contribution is 8.55. The minimum absolute atomic E-state index is 0.0935. The molecule has 47 heavy (non-hydrogen) atoms. The van der Waals surface area contributed by atoms with Crippen LogP contribution in [0.15, 0.2) is 34.5 Å². The summed E-state index contributed by atoms with van der Waals surface area (Å²) in [5.74, 6) is -0.375. The minimum Gasteiger partial charge on any atom is -0.432 e. The van der Waals surface area contributed by atoms with Crippen LogP contribution in [0.1, 0.15) is 32.7 Å². The van der Waals surface area contributed by atoms with Gasteiger partial charge < -0.3 is 39.6 Å². The maximum Gasteiger partial charge on any atom is 0.509 e. The number of ether oxygens (including phenoxy) is 5. The summed E-state index contributed by atoms with van der Waals surface area (Å²) in [5.41, 5.74) is 5.13. The number of carbonyl (C=O) groups excluding carboxylic acids is 1. The molecule has 3 aromatic rings. The van der Waals surface area contributed by atoms with Gasteiger partial charge in [-0.3, -0.25) is 28.0 Å². The molecule has 0 unspecified atom stereocenters. The Morgan fingerprint density at radius 3 is 2.70 bits per heavy atom. The van der Waals surface area contributed by atoms with E-state index in [4.69, 9.17) is 38.5 Å². The van der Waals surface area contributed by atoms with Crippen molar-refractivity contribution in [3.63, 3.8) is 0 Å². The number of aliphatic hydroxyl groups is 2. The van der Waals surface area contributed by atoms with Crippen molar-refractivity contribution in [2.75, 3.05) is 32.0 Å². The number of fused-ring (bicyclic) bond motifs is 1. The van der Waals surface area contributed by atoms with Crippen molar-refractivity contribution in [2.45, 2.75) is 69.3 Å². The Hall–Kier alpha value is -3.40. The number of anilines is 1. The van der Waals surface area contributed by atoms with Gasteiger partial charge in [0.25, 0.3) is 5.56 Å². The first-order valence-electron chi connectivity index (χ1n) is 14.2. The van der Waals surface area contributed by atoms with Gasteiger partial charge >= 0.3 is 18.6 Å². The Morgan fingerprint density at radius 2 is 2.00 bits per heavy atom. The van der Waals surface area contributed by atoms with E-state index in [9.17, 15) is 29.2 Å². The second kappa shape index (κ2) is 14.8. The molecule has 3 aromatic heterocycles. The van der Waals surface area contributed by atoms with E-state index in [1.807, 2.05) is 0 Å². The first-order valence-corrected chi connectivity index (χ1v) is 17.3. The van der Waals surface area contributed by atoms with E-state index < -0.39 is 92.4 Å². The number of nitrogen functional groups attached to an aromatic ring is 1. The number of nitrogens with zero attached hydrogens (tertiary/aromatic N) is 5. The number of aromatic amines is 1. The number of rotatable bonds is 13. The van der Waals surface area contributed by atoms with Crippen molar-refractivity contribution in [3.8, 4) is 0 Å². The van der Waals surface area contributed by atoms with Crippen molar-refractivity contribution < 1.29 is 52.3 Å². The number of carbonyl (C=O) groups is 1. The number of H-pyrrole nitrogens is 1. The number of methoxy groups -OCH3 is 1. The number of hydrogen-bond acceptors (Lipinski definition) is 18. The van der Waals surface area contributed by atoms with Crippen LogP contribution < -0.4 is 17.0 Å². The Kier molecular flexibility index (Phi) is 11.0.